The summed E-state index contributed by atoms with van der Waals surface area (Å²) in [5.41, 5.74) is 5.75. The topological polar surface area (TPSA) is 83.6 Å². The summed E-state index contributed by atoms with van der Waals surface area (Å²) in [5, 5.41) is 18.7. The summed E-state index contributed by atoms with van der Waals surface area (Å²) in [6.07, 6.45) is 0. The fourth-order valence-electron chi connectivity index (χ4n) is 1.31. The lowest BCUT2D eigenvalue weighted by Crippen LogP contribution is -1.97. The first-order valence-electron chi connectivity index (χ1n) is 3.84. The molecule has 0 bridgehead atoms. The number of carbonyl (C=O) groups is 1. The molecular formula is C9H7NO3S. The number of carboxylic acid groups (broad SMARTS) is 1. The van der Waals surface area contributed by atoms with Crippen molar-refractivity contribution in [3.63, 3.8) is 0 Å². The van der Waals surface area contributed by atoms with Crippen molar-refractivity contribution >= 4 is 33.1 Å². The van der Waals surface area contributed by atoms with Gasteiger partial charge in [0.05, 0.1) is 11.1 Å². The third kappa shape index (κ3) is 1.10. The molecule has 0 saturated carbocycles. The van der Waals surface area contributed by atoms with Gasteiger partial charge >= 0.3 is 5.97 Å². The summed E-state index contributed by atoms with van der Waals surface area (Å²) in [7, 11) is 0. The number of phenolic OH excluding ortho intramolecular Hbond substituents is 1. The number of phenols is 1. The van der Waals surface area contributed by atoms with Gasteiger partial charge in [0.1, 0.15) is 10.6 Å². The van der Waals surface area contributed by atoms with Gasteiger partial charge in [0.25, 0.3) is 0 Å². The minimum atomic E-state index is -1.07. The number of anilines is 1. The molecule has 2 aromatic rings. The highest BCUT2D eigenvalue weighted by molar-refractivity contribution is 7.21. The number of carboxylic acids is 1. The highest BCUT2D eigenvalue weighted by atomic mass is 32.1. The average molecular weight is 209 g/mol. The molecule has 0 radical (unpaired) electrons. The van der Waals surface area contributed by atoms with Crippen LogP contribution in [0.15, 0.2) is 18.2 Å². The molecule has 0 saturated heterocycles. The predicted octanol–water partition coefficient (Wildman–Crippen LogP) is 1.89. The van der Waals surface area contributed by atoms with Gasteiger partial charge in [-0.3, -0.25) is 0 Å². The van der Waals surface area contributed by atoms with Gasteiger partial charge < -0.3 is 15.9 Å². The number of thiophene rings is 1. The van der Waals surface area contributed by atoms with Crippen molar-refractivity contribution in [1.82, 2.24) is 0 Å². The zero-order valence-corrected chi connectivity index (χ0v) is 7.84. The fraction of sp³-hybridized carbons (Fsp3) is 0. The van der Waals surface area contributed by atoms with Crippen LogP contribution in [-0.4, -0.2) is 16.2 Å². The second-order valence-corrected chi connectivity index (χ2v) is 3.85. The number of hydrogen-bond acceptors (Lipinski definition) is 4. The lowest BCUT2D eigenvalue weighted by Gasteiger charge is -1.95. The lowest BCUT2D eigenvalue weighted by atomic mass is 10.2. The number of rotatable bonds is 1. The van der Waals surface area contributed by atoms with Crippen LogP contribution in [0.3, 0.4) is 0 Å². The Morgan fingerprint density at radius 3 is 2.71 bits per heavy atom. The van der Waals surface area contributed by atoms with E-state index in [0.29, 0.717) is 10.1 Å². The Morgan fingerprint density at radius 2 is 2.14 bits per heavy atom. The molecule has 0 aliphatic rings. The maximum absolute atomic E-state index is 10.8. The van der Waals surface area contributed by atoms with Gasteiger partial charge in [-0.05, 0) is 12.1 Å². The Hall–Kier alpha value is -1.75. The average Bonchev–Trinajstić information content (AvgIpc) is 2.45. The van der Waals surface area contributed by atoms with Crippen molar-refractivity contribution in [3.8, 4) is 5.75 Å². The van der Waals surface area contributed by atoms with Crippen LogP contribution >= 0.6 is 11.3 Å². The van der Waals surface area contributed by atoms with E-state index in [9.17, 15) is 9.90 Å². The van der Waals surface area contributed by atoms with Crippen LogP contribution < -0.4 is 5.73 Å². The predicted molar refractivity (Wildman–Crippen MR) is 54.9 cm³/mol. The summed E-state index contributed by atoms with van der Waals surface area (Å²) in [6, 6.07) is 4.86. The number of benzene rings is 1. The van der Waals surface area contributed by atoms with Gasteiger partial charge in [-0.25, -0.2) is 4.79 Å². The maximum Gasteiger partial charge on any atom is 0.348 e. The van der Waals surface area contributed by atoms with Crippen LogP contribution in [-0.2, 0) is 0 Å². The van der Waals surface area contributed by atoms with Crippen LogP contribution in [0, 0.1) is 0 Å². The number of fused-ring (bicyclic) bond motifs is 1. The van der Waals surface area contributed by atoms with Gasteiger partial charge in [-0.1, -0.05) is 6.07 Å². The van der Waals surface area contributed by atoms with E-state index in [1.807, 2.05) is 0 Å². The Labute approximate surface area is 83.2 Å². The minimum Gasteiger partial charge on any atom is -0.507 e. The second-order valence-electron chi connectivity index (χ2n) is 2.80. The van der Waals surface area contributed by atoms with Crippen LogP contribution in [0.4, 0.5) is 5.69 Å². The molecule has 0 aliphatic carbocycles. The monoisotopic (exact) mass is 209 g/mol. The summed E-state index contributed by atoms with van der Waals surface area (Å²) in [6.45, 7) is 0. The first kappa shape index (κ1) is 8.83. The van der Waals surface area contributed by atoms with Crippen molar-refractivity contribution in [2.45, 2.75) is 0 Å². The number of aromatic carboxylic acids is 1. The molecule has 0 unspecified atom stereocenters. The molecule has 1 aromatic carbocycles. The Bertz CT molecular complexity index is 518. The van der Waals surface area contributed by atoms with E-state index >= 15 is 0 Å². The summed E-state index contributed by atoms with van der Waals surface area (Å²) < 4.78 is 0.680. The van der Waals surface area contributed by atoms with Crippen molar-refractivity contribution < 1.29 is 15.0 Å². The Kier molecular flexibility index (Phi) is 1.82. The third-order valence-corrected chi connectivity index (χ3v) is 3.08. The molecule has 0 amide bonds. The second kappa shape index (κ2) is 2.88. The quantitative estimate of drug-likeness (QED) is 0.669. The summed E-state index contributed by atoms with van der Waals surface area (Å²) in [5.74, 6) is -1.05. The van der Waals surface area contributed by atoms with Gasteiger partial charge in [0.2, 0.25) is 0 Å². The van der Waals surface area contributed by atoms with Gasteiger partial charge in [0.15, 0.2) is 0 Å². The number of nitrogen functional groups attached to an aromatic ring is 1. The van der Waals surface area contributed by atoms with Crippen molar-refractivity contribution in [2.75, 3.05) is 5.73 Å². The molecule has 72 valence electrons. The zero-order chi connectivity index (χ0) is 10.3. The molecule has 4 nitrogen and oxygen atoms in total. The molecule has 5 heteroatoms. The van der Waals surface area contributed by atoms with E-state index in [4.69, 9.17) is 10.8 Å². The Balaban J connectivity index is 2.87. The van der Waals surface area contributed by atoms with Crippen LogP contribution in [0.2, 0.25) is 0 Å². The standard InChI is InChI=1S/C9H7NO3S/c10-7-6-4(11)2-1-3-5(6)14-8(7)9(12)13/h1-3,11H,10H2,(H,12,13). The van der Waals surface area contributed by atoms with E-state index in [1.54, 1.807) is 12.1 Å². The molecule has 0 spiro atoms. The van der Waals surface area contributed by atoms with Crippen molar-refractivity contribution in [3.05, 3.63) is 23.1 Å². The highest BCUT2D eigenvalue weighted by Crippen LogP contribution is 2.38. The SMILES string of the molecule is Nc1c(C(=O)O)sc2cccc(O)c12. The lowest BCUT2D eigenvalue weighted by molar-refractivity contribution is 0.0703. The molecular weight excluding hydrogens is 202 g/mol. The molecule has 0 atom stereocenters. The molecule has 2 rings (SSSR count). The summed E-state index contributed by atoms with van der Waals surface area (Å²) >= 11 is 1.06. The maximum atomic E-state index is 10.8. The number of aromatic hydroxyl groups is 1. The smallest absolute Gasteiger partial charge is 0.348 e. The van der Waals surface area contributed by atoms with Gasteiger partial charge in [0, 0.05) is 4.70 Å². The Morgan fingerprint density at radius 1 is 1.43 bits per heavy atom. The fourth-order valence-corrected chi connectivity index (χ4v) is 2.30. The van der Waals surface area contributed by atoms with E-state index in [2.05, 4.69) is 0 Å². The van der Waals surface area contributed by atoms with E-state index in [-0.39, 0.29) is 16.3 Å². The number of nitrogens with two attached hydrogens (primary N) is 1. The molecule has 4 N–H and O–H groups in total. The minimum absolute atomic E-state index is 0.0174. The molecule has 0 fully saturated rings. The van der Waals surface area contributed by atoms with E-state index in [1.165, 1.54) is 6.07 Å². The first-order valence-corrected chi connectivity index (χ1v) is 4.66. The van der Waals surface area contributed by atoms with E-state index < -0.39 is 5.97 Å². The van der Waals surface area contributed by atoms with Crippen LogP contribution in [0.1, 0.15) is 9.67 Å². The summed E-state index contributed by atoms with van der Waals surface area (Å²) in [4.78, 5) is 10.8. The molecule has 0 aliphatic heterocycles. The van der Waals surface area contributed by atoms with Crippen molar-refractivity contribution in [2.24, 2.45) is 0 Å². The van der Waals surface area contributed by atoms with E-state index in [0.717, 1.165) is 11.3 Å². The zero-order valence-electron chi connectivity index (χ0n) is 7.02. The number of hydrogen-bond donors (Lipinski definition) is 3. The molecule has 1 heterocycles. The molecule has 1 aromatic heterocycles. The van der Waals surface area contributed by atoms with Crippen LogP contribution in [0.5, 0.6) is 5.75 Å². The van der Waals surface area contributed by atoms with Crippen molar-refractivity contribution in [1.29, 1.82) is 0 Å². The molecule has 14 heavy (non-hydrogen) atoms. The first-order chi connectivity index (χ1) is 6.61. The largest absolute Gasteiger partial charge is 0.507 e. The van der Waals surface area contributed by atoms with Crippen LogP contribution in [0.25, 0.3) is 10.1 Å². The normalized spacial score (nSPS) is 10.6. The third-order valence-electron chi connectivity index (χ3n) is 1.92. The highest BCUT2D eigenvalue weighted by Gasteiger charge is 2.16. The van der Waals surface area contributed by atoms with Gasteiger partial charge in [-0.15, -0.1) is 11.3 Å². The van der Waals surface area contributed by atoms with Gasteiger partial charge in [-0.2, -0.15) is 0 Å².